The molecule has 35 heavy (non-hydrogen) atoms. The Morgan fingerprint density at radius 1 is 1.17 bits per heavy atom. The van der Waals surface area contributed by atoms with Crippen LogP contribution < -0.4 is 14.1 Å². The van der Waals surface area contributed by atoms with Crippen molar-refractivity contribution in [3.8, 4) is 0 Å². The number of hydroxylamine groups is 1. The number of amides is 2. The molecule has 11 heteroatoms. The Morgan fingerprint density at radius 2 is 1.80 bits per heavy atom. The van der Waals surface area contributed by atoms with E-state index < -0.39 is 26.8 Å². The fraction of sp³-hybridized carbons (Fsp3) is 0.583. The highest BCUT2D eigenvalue weighted by Gasteiger charge is 2.43. The molecule has 0 bridgehead atoms. The molecule has 1 saturated heterocycles. The Bertz CT molecular complexity index is 1200. The second-order valence-electron chi connectivity index (χ2n) is 9.53. The summed E-state index contributed by atoms with van der Waals surface area (Å²) >= 11 is 0. The number of rotatable bonds is 6. The number of carbonyl (C=O) groups excluding carboxylic acids is 1. The summed E-state index contributed by atoms with van der Waals surface area (Å²) in [7, 11) is -4.73. The van der Waals surface area contributed by atoms with Gasteiger partial charge in [-0.1, -0.05) is 18.1 Å². The minimum absolute atomic E-state index is 0.00334. The molecule has 2 N–H and O–H groups in total. The standard InChI is InChI=1S/C24H32N4O6S/c1-3-21-15(2)23(34-26-21)27(18-10-12-33-13-11-18)35(31,32)28(30)24(29)25-22-19-8-4-6-16(19)14-17-7-5-9-20(17)22/h14,18,28H,3-13H2,1-2H3,(H,25,29). The number of aryl methyl sites for hydroxylation is 3. The van der Waals surface area contributed by atoms with E-state index in [-0.39, 0.29) is 5.88 Å². The first-order valence-electron chi connectivity index (χ1n) is 12.4. The Hall–Kier alpha value is -2.47. The molecule has 3 aliphatic rings. The first-order valence-corrected chi connectivity index (χ1v) is 13.9. The largest absolute Gasteiger partial charge is 0.608 e. The quantitative estimate of drug-likeness (QED) is 0.578. The van der Waals surface area contributed by atoms with Crippen molar-refractivity contribution in [3.05, 3.63) is 44.8 Å². The fourth-order valence-corrected chi connectivity index (χ4v) is 7.08. The molecule has 2 aromatic rings. The molecule has 0 spiro atoms. The minimum atomic E-state index is -4.73. The highest BCUT2D eigenvalue weighted by atomic mass is 32.2. The molecule has 1 unspecified atom stereocenters. The second-order valence-corrected chi connectivity index (χ2v) is 11.2. The normalized spacial score (nSPS) is 18.8. The predicted molar refractivity (Wildman–Crippen MR) is 130 cm³/mol. The molecule has 1 aliphatic heterocycles. The fourth-order valence-electron chi connectivity index (χ4n) is 5.62. The second kappa shape index (κ2) is 9.53. The van der Waals surface area contributed by atoms with Crippen molar-refractivity contribution in [2.75, 3.05) is 22.8 Å². The van der Waals surface area contributed by atoms with Gasteiger partial charge in [0.2, 0.25) is 5.88 Å². The van der Waals surface area contributed by atoms with Crippen LogP contribution in [0.2, 0.25) is 0 Å². The van der Waals surface area contributed by atoms with Crippen molar-refractivity contribution in [2.24, 2.45) is 0 Å². The Labute approximate surface area is 205 Å². The van der Waals surface area contributed by atoms with E-state index in [1.54, 1.807) is 6.92 Å². The predicted octanol–water partition coefficient (Wildman–Crippen LogP) is 2.37. The highest BCUT2D eigenvalue weighted by molar-refractivity contribution is 7.86. The van der Waals surface area contributed by atoms with Gasteiger partial charge in [0.05, 0.1) is 17.4 Å². The van der Waals surface area contributed by atoms with Gasteiger partial charge in [0, 0.05) is 18.8 Å². The summed E-state index contributed by atoms with van der Waals surface area (Å²) in [5, 5.41) is 20.0. The van der Waals surface area contributed by atoms with Gasteiger partial charge in [-0.25, -0.2) is 4.79 Å². The van der Waals surface area contributed by atoms with Gasteiger partial charge in [-0.3, -0.25) is 5.32 Å². The first-order chi connectivity index (χ1) is 16.8. The third-order valence-electron chi connectivity index (χ3n) is 7.44. The van der Waals surface area contributed by atoms with Crippen molar-refractivity contribution in [1.82, 2.24) is 5.16 Å². The lowest BCUT2D eigenvalue weighted by molar-refractivity contribution is -0.604. The van der Waals surface area contributed by atoms with Gasteiger partial charge >= 0.3 is 16.2 Å². The lowest BCUT2D eigenvalue weighted by Crippen LogP contribution is -3.14. The number of nitrogens with zero attached hydrogens (tertiary/aromatic N) is 2. The summed E-state index contributed by atoms with van der Waals surface area (Å²) in [6.45, 7) is 4.31. The van der Waals surface area contributed by atoms with E-state index in [9.17, 15) is 18.4 Å². The summed E-state index contributed by atoms with van der Waals surface area (Å²) in [6, 6.07) is 0.514. The number of benzene rings is 1. The van der Waals surface area contributed by atoms with Gasteiger partial charge in [-0.15, -0.1) is 0 Å². The number of ether oxygens (including phenoxy) is 1. The molecule has 190 valence electrons. The number of quaternary nitrogens is 1. The monoisotopic (exact) mass is 504 g/mol. The Kier molecular flexibility index (Phi) is 6.60. The third-order valence-corrected chi connectivity index (χ3v) is 9.08. The van der Waals surface area contributed by atoms with Crippen LogP contribution >= 0.6 is 0 Å². The van der Waals surface area contributed by atoms with E-state index in [2.05, 4.69) is 16.5 Å². The lowest BCUT2D eigenvalue weighted by Gasteiger charge is -2.34. The molecule has 2 amide bonds. The maximum Gasteiger partial charge on any atom is 0.436 e. The number of carbonyl (C=O) groups is 1. The molecule has 0 radical (unpaired) electrons. The summed E-state index contributed by atoms with van der Waals surface area (Å²) in [4.78, 5) is 13.2. The van der Waals surface area contributed by atoms with Gasteiger partial charge in [0.15, 0.2) is 0 Å². The summed E-state index contributed by atoms with van der Waals surface area (Å²) in [6.07, 6.45) is 6.76. The molecule has 1 atom stereocenters. The topological polar surface area (TPSA) is 129 Å². The number of nitrogens with one attached hydrogen (secondary N) is 2. The molecule has 2 aliphatic carbocycles. The molecule has 2 heterocycles. The number of aromatic nitrogens is 1. The van der Waals surface area contributed by atoms with Crippen LogP contribution in [0.1, 0.15) is 66.1 Å². The lowest BCUT2D eigenvalue weighted by atomic mass is 9.99. The van der Waals surface area contributed by atoms with Crippen LogP contribution in [0.5, 0.6) is 0 Å². The smallest absolute Gasteiger partial charge is 0.436 e. The van der Waals surface area contributed by atoms with Crippen molar-refractivity contribution >= 4 is 27.8 Å². The van der Waals surface area contributed by atoms with Crippen LogP contribution in [0, 0.1) is 12.1 Å². The van der Waals surface area contributed by atoms with Crippen LogP contribution in [0.3, 0.4) is 0 Å². The average Bonchev–Trinajstić information content (AvgIpc) is 3.59. The van der Waals surface area contributed by atoms with Crippen molar-refractivity contribution < 1.29 is 26.9 Å². The molecule has 5 rings (SSSR count). The zero-order chi connectivity index (χ0) is 24.7. The molecule has 1 aromatic carbocycles. The zero-order valence-electron chi connectivity index (χ0n) is 20.2. The minimum Gasteiger partial charge on any atom is -0.608 e. The van der Waals surface area contributed by atoms with E-state index in [1.165, 1.54) is 11.1 Å². The third kappa shape index (κ3) is 4.24. The van der Waals surface area contributed by atoms with Crippen molar-refractivity contribution in [3.63, 3.8) is 0 Å². The number of hydrogen-bond acceptors (Lipinski definition) is 7. The van der Waals surface area contributed by atoms with E-state index in [0.29, 0.717) is 49.4 Å². The van der Waals surface area contributed by atoms with Gasteiger partial charge in [-0.2, -0.15) is 17.2 Å². The van der Waals surface area contributed by atoms with Crippen LogP contribution in [0.4, 0.5) is 16.4 Å². The Morgan fingerprint density at radius 3 is 2.37 bits per heavy atom. The number of anilines is 2. The number of urea groups is 1. The maximum absolute atomic E-state index is 13.7. The van der Waals surface area contributed by atoms with Crippen molar-refractivity contribution in [1.29, 1.82) is 0 Å². The molecular formula is C24H32N4O6S. The number of hydrogen-bond donors (Lipinski definition) is 2. The average molecular weight is 505 g/mol. The number of fused-ring (bicyclic) bond motifs is 2. The molecule has 1 fully saturated rings. The Balaban J connectivity index is 1.48. The van der Waals surface area contributed by atoms with E-state index in [4.69, 9.17) is 9.26 Å². The zero-order valence-corrected chi connectivity index (χ0v) is 21.0. The van der Waals surface area contributed by atoms with E-state index >= 15 is 0 Å². The summed E-state index contributed by atoms with van der Waals surface area (Å²) in [5.41, 5.74) is 6.24. The van der Waals surface area contributed by atoms with Gasteiger partial charge < -0.3 is 14.5 Å². The van der Waals surface area contributed by atoms with Gasteiger partial charge in [0.25, 0.3) is 0 Å². The van der Waals surface area contributed by atoms with Gasteiger partial charge in [-0.05, 0) is 87.0 Å². The molecule has 1 aromatic heterocycles. The van der Waals surface area contributed by atoms with Crippen molar-refractivity contribution in [2.45, 2.75) is 77.7 Å². The maximum atomic E-state index is 13.7. The highest BCUT2D eigenvalue weighted by Crippen LogP contribution is 2.38. The summed E-state index contributed by atoms with van der Waals surface area (Å²) in [5.74, 6) is -0.00334. The van der Waals surface area contributed by atoms with E-state index in [1.807, 2.05) is 6.92 Å². The van der Waals surface area contributed by atoms with Gasteiger partial charge in [0.1, 0.15) is 0 Å². The van der Waals surface area contributed by atoms with Crippen LogP contribution in [-0.2, 0) is 47.1 Å². The molecular weight excluding hydrogens is 472 g/mol. The van der Waals surface area contributed by atoms with Crippen LogP contribution in [0.15, 0.2) is 10.6 Å². The van der Waals surface area contributed by atoms with Crippen LogP contribution in [-0.4, -0.2) is 38.9 Å². The SMILES string of the molecule is CCc1noc(N(C2CCOCC2)S(=O)(=O)[NH+]([O-])C(=O)Nc2c3c(cc4c2CCC4)CCC3)c1C. The molecule has 0 saturated carbocycles. The summed E-state index contributed by atoms with van der Waals surface area (Å²) < 4.78 is 37.6. The molecule has 10 nitrogen and oxygen atoms in total. The first kappa shape index (κ1) is 24.2. The van der Waals surface area contributed by atoms with Crippen LogP contribution in [0.25, 0.3) is 0 Å². The van der Waals surface area contributed by atoms with E-state index in [0.717, 1.165) is 54.0 Å².